The van der Waals surface area contributed by atoms with Gasteiger partial charge >= 0.3 is 12.1 Å². The Kier molecular flexibility index (Phi) is 4.63. The van der Waals surface area contributed by atoms with E-state index < -0.39 is 5.97 Å². The highest BCUT2D eigenvalue weighted by Crippen LogP contribution is 2.48. The smallest absolute Gasteiger partial charge is 0.321 e. The average Bonchev–Trinajstić information content (AvgIpc) is 3.10. The number of nitrogens with zero attached hydrogens (tertiary/aromatic N) is 6. The van der Waals surface area contributed by atoms with Gasteiger partial charge in [0.05, 0.1) is 11.9 Å². The fourth-order valence-electron chi connectivity index (χ4n) is 3.92. The molecule has 3 aromatic rings. The van der Waals surface area contributed by atoms with Crippen molar-refractivity contribution in [3.8, 4) is 0 Å². The third-order valence-electron chi connectivity index (χ3n) is 5.53. The summed E-state index contributed by atoms with van der Waals surface area (Å²) < 4.78 is 3.93. The second-order valence-electron chi connectivity index (χ2n) is 7.64. The minimum atomic E-state index is -0.805. The quantitative estimate of drug-likeness (QED) is 0.475. The molecule has 10 heteroatoms. The summed E-state index contributed by atoms with van der Waals surface area (Å²) in [6, 6.07) is 8.21. The van der Waals surface area contributed by atoms with Crippen LogP contribution < -0.4 is 16.0 Å². The number of aryl methyl sites for hydroxylation is 1. The minimum absolute atomic E-state index is 0.118. The third kappa shape index (κ3) is 3.50. The highest BCUT2D eigenvalue weighted by molar-refractivity contribution is 6.00. The van der Waals surface area contributed by atoms with Crippen molar-refractivity contribution >= 4 is 40.5 Å². The predicted molar refractivity (Wildman–Crippen MR) is 115 cm³/mol. The van der Waals surface area contributed by atoms with Gasteiger partial charge in [-0.3, -0.25) is 14.4 Å². The number of hydrogen-bond donors (Lipinski definition) is 3. The molecule has 158 valence electrons. The Morgan fingerprint density at radius 3 is 2.84 bits per heavy atom. The molecule has 0 saturated heterocycles. The Morgan fingerprint density at radius 2 is 2.10 bits per heavy atom. The summed E-state index contributed by atoms with van der Waals surface area (Å²) in [6.07, 6.45) is 6.14. The first-order chi connectivity index (χ1) is 15.0. The molecular weight excluding hydrogens is 396 g/mol. The van der Waals surface area contributed by atoms with Crippen molar-refractivity contribution in [3.05, 3.63) is 48.4 Å². The summed E-state index contributed by atoms with van der Waals surface area (Å²) >= 11 is 0. The standard InChI is InChI=1S/C21H22N8O2/c1-13-20-28(13)17-11-23-21(25-15-10-24-27(12-15)8-2-3-18(30)31)26-19(17)29(20)16-6-4-14(9-22)5-7-16/h4-7,10-12,20H,2-3,8-9,22H2,1H3,(H-,23,25,26,30,31)/p+1. The summed E-state index contributed by atoms with van der Waals surface area (Å²) in [6.45, 7) is 3.16. The first-order valence-corrected chi connectivity index (χ1v) is 10.1. The predicted octanol–water partition coefficient (Wildman–Crippen LogP) is 2.34. The van der Waals surface area contributed by atoms with E-state index in [4.69, 9.17) is 15.8 Å². The molecule has 0 saturated carbocycles. The van der Waals surface area contributed by atoms with Gasteiger partial charge in [-0.2, -0.15) is 14.7 Å². The largest absolute Gasteiger partial charge is 0.481 e. The normalized spacial score (nSPS) is 16.3. The Balaban J connectivity index is 1.36. The summed E-state index contributed by atoms with van der Waals surface area (Å²) in [5, 5.41) is 16.2. The van der Waals surface area contributed by atoms with Crippen molar-refractivity contribution in [2.24, 2.45) is 5.73 Å². The molecule has 5 rings (SSSR count). The van der Waals surface area contributed by atoms with Gasteiger partial charge in [-0.1, -0.05) is 12.1 Å². The van der Waals surface area contributed by atoms with Crippen LogP contribution in [0.15, 0.2) is 42.9 Å². The lowest BCUT2D eigenvalue weighted by molar-refractivity contribution is -0.365. The molecule has 10 nitrogen and oxygen atoms in total. The number of nitrogens with one attached hydrogen (secondary N) is 1. The van der Waals surface area contributed by atoms with Crippen molar-refractivity contribution in [1.82, 2.24) is 19.7 Å². The van der Waals surface area contributed by atoms with Gasteiger partial charge in [0.1, 0.15) is 6.20 Å². The summed E-state index contributed by atoms with van der Waals surface area (Å²) in [7, 11) is 0. The molecule has 0 aliphatic carbocycles. The Bertz CT molecular complexity index is 1180. The number of rotatable bonds is 8. The van der Waals surface area contributed by atoms with E-state index in [0.717, 1.165) is 28.4 Å². The number of hydrogen-bond acceptors (Lipinski definition) is 7. The summed E-state index contributed by atoms with van der Waals surface area (Å²) in [5.74, 6) is 0.524. The Hall–Kier alpha value is -3.79. The number of carboxylic acid groups (broad SMARTS) is 1. The van der Waals surface area contributed by atoms with Gasteiger partial charge in [0.15, 0.2) is 0 Å². The maximum absolute atomic E-state index is 10.7. The summed E-state index contributed by atoms with van der Waals surface area (Å²) in [4.78, 5) is 22.1. The SMILES string of the molecule is CC1=[N+]2c3cnc(Nc4cnn(CCCC(=O)O)c4)nc3N(c3ccc(CN)cc3)C12. The van der Waals surface area contributed by atoms with Crippen LogP contribution in [-0.4, -0.2) is 47.3 Å². The molecule has 1 aromatic carbocycles. The van der Waals surface area contributed by atoms with E-state index in [-0.39, 0.29) is 12.6 Å². The first-order valence-electron chi connectivity index (χ1n) is 10.1. The summed E-state index contributed by atoms with van der Waals surface area (Å²) in [5.41, 5.74) is 10.9. The molecule has 0 fully saturated rings. The van der Waals surface area contributed by atoms with Crippen LogP contribution in [-0.2, 0) is 17.9 Å². The highest BCUT2D eigenvalue weighted by atomic mass is 16.4. The van der Waals surface area contributed by atoms with Crippen LogP contribution in [0.1, 0.15) is 25.3 Å². The molecule has 4 heterocycles. The molecule has 0 spiro atoms. The third-order valence-corrected chi connectivity index (χ3v) is 5.53. The van der Waals surface area contributed by atoms with Gasteiger partial charge in [0, 0.05) is 38.3 Å². The topological polar surface area (TPSA) is 125 Å². The number of benzene rings is 1. The Labute approximate surface area is 178 Å². The van der Waals surface area contributed by atoms with Crippen molar-refractivity contribution in [1.29, 1.82) is 0 Å². The fourth-order valence-corrected chi connectivity index (χ4v) is 3.92. The lowest BCUT2D eigenvalue weighted by Crippen LogP contribution is -2.23. The molecule has 1 unspecified atom stereocenters. The zero-order chi connectivity index (χ0) is 21.5. The zero-order valence-electron chi connectivity index (χ0n) is 17.1. The number of nitrogens with two attached hydrogens (primary N) is 1. The van der Waals surface area contributed by atoms with E-state index in [1.54, 1.807) is 10.9 Å². The Morgan fingerprint density at radius 1 is 1.29 bits per heavy atom. The molecule has 2 aromatic heterocycles. The number of carbonyl (C=O) groups is 1. The molecular formula is C21H23N8O2+. The first kappa shape index (κ1) is 19.2. The van der Waals surface area contributed by atoms with Gasteiger partial charge in [0.25, 0.3) is 5.69 Å². The van der Waals surface area contributed by atoms with Crippen LogP contribution in [0, 0.1) is 0 Å². The maximum Gasteiger partial charge on any atom is 0.321 e. The van der Waals surface area contributed by atoms with Gasteiger partial charge in [-0.25, -0.2) is 4.98 Å². The van der Waals surface area contributed by atoms with Gasteiger partial charge in [-0.05, 0) is 24.1 Å². The average molecular weight is 419 g/mol. The molecule has 2 aliphatic heterocycles. The minimum Gasteiger partial charge on any atom is -0.481 e. The van der Waals surface area contributed by atoms with Crippen molar-refractivity contribution < 1.29 is 14.5 Å². The van der Waals surface area contributed by atoms with Crippen molar-refractivity contribution in [2.75, 3.05) is 10.2 Å². The van der Waals surface area contributed by atoms with Crippen LogP contribution in [0.4, 0.5) is 28.8 Å². The number of carboxylic acids is 1. The number of aromatic nitrogens is 4. The van der Waals surface area contributed by atoms with Gasteiger partial charge in [0.2, 0.25) is 17.5 Å². The molecule has 2 aliphatic rings. The molecule has 31 heavy (non-hydrogen) atoms. The van der Waals surface area contributed by atoms with E-state index in [2.05, 4.69) is 43.9 Å². The van der Waals surface area contributed by atoms with Crippen molar-refractivity contribution in [2.45, 2.75) is 39.0 Å². The monoisotopic (exact) mass is 419 g/mol. The number of aliphatic carboxylic acids is 1. The zero-order valence-corrected chi connectivity index (χ0v) is 17.1. The van der Waals surface area contributed by atoms with E-state index in [1.807, 2.05) is 24.5 Å². The van der Waals surface area contributed by atoms with E-state index in [9.17, 15) is 4.79 Å². The van der Waals surface area contributed by atoms with Crippen LogP contribution in [0.2, 0.25) is 0 Å². The number of anilines is 4. The van der Waals surface area contributed by atoms with Gasteiger partial charge < -0.3 is 16.2 Å². The molecule has 4 N–H and O–H groups in total. The number of fused-ring (bicyclic) bond motifs is 3. The molecule has 1 atom stereocenters. The van der Waals surface area contributed by atoms with Crippen LogP contribution in [0.5, 0.6) is 0 Å². The second-order valence-corrected chi connectivity index (χ2v) is 7.64. The van der Waals surface area contributed by atoms with Crippen LogP contribution >= 0.6 is 0 Å². The molecule has 0 radical (unpaired) electrons. The molecule has 0 bridgehead atoms. The van der Waals surface area contributed by atoms with E-state index in [0.29, 0.717) is 25.5 Å². The van der Waals surface area contributed by atoms with E-state index >= 15 is 0 Å². The van der Waals surface area contributed by atoms with Crippen LogP contribution in [0.25, 0.3) is 0 Å². The highest BCUT2D eigenvalue weighted by Gasteiger charge is 2.60. The fraction of sp³-hybridized carbons (Fsp3) is 0.286. The van der Waals surface area contributed by atoms with Crippen molar-refractivity contribution in [3.63, 3.8) is 0 Å². The van der Waals surface area contributed by atoms with E-state index in [1.165, 1.54) is 5.71 Å². The van der Waals surface area contributed by atoms with Gasteiger partial charge in [-0.15, -0.1) is 0 Å². The molecule has 0 amide bonds. The maximum atomic E-state index is 10.7. The van der Waals surface area contributed by atoms with Crippen LogP contribution in [0.3, 0.4) is 0 Å². The second kappa shape index (κ2) is 7.47. The lowest BCUT2D eigenvalue weighted by atomic mass is 10.2. The lowest BCUT2D eigenvalue weighted by Gasteiger charge is -2.16.